The van der Waals surface area contributed by atoms with Gasteiger partial charge in [0.05, 0.1) is 0 Å². The maximum absolute atomic E-state index is 4.53. The minimum absolute atomic E-state index is 0. The van der Waals surface area contributed by atoms with Gasteiger partial charge in [0.15, 0.2) is 5.96 Å². The first-order valence-corrected chi connectivity index (χ1v) is 10.5. The molecule has 1 atom stereocenters. The van der Waals surface area contributed by atoms with Crippen LogP contribution in [0, 0.1) is 0 Å². The van der Waals surface area contributed by atoms with Gasteiger partial charge in [0.25, 0.3) is 0 Å². The first-order valence-electron chi connectivity index (χ1n) is 10.5. The zero-order valence-electron chi connectivity index (χ0n) is 17.9. The fourth-order valence-electron chi connectivity index (χ4n) is 4.17. The van der Waals surface area contributed by atoms with Crippen molar-refractivity contribution in [1.29, 1.82) is 0 Å². The van der Waals surface area contributed by atoms with Crippen LogP contribution in [0.1, 0.15) is 18.1 Å². The maximum atomic E-state index is 4.53. The van der Waals surface area contributed by atoms with Gasteiger partial charge in [-0.2, -0.15) is 0 Å². The van der Waals surface area contributed by atoms with E-state index in [1.54, 1.807) is 12.4 Å². The minimum atomic E-state index is 0. The highest BCUT2D eigenvalue weighted by molar-refractivity contribution is 14.0. The molecule has 0 aliphatic carbocycles. The highest BCUT2D eigenvalue weighted by atomic mass is 127. The Morgan fingerprint density at radius 1 is 1.03 bits per heavy atom. The minimum Gasteiger partial charge on any atom is -0.355 e. The lowest BCUT2D eigenvalue weighted by molar-refractivity contribution is 0.190. The number of rotatable bonds is 4. The largest absolute Gasteiger partial charge is 0.355 e. The van der Waals surface area contributed by atoms with Gasteiger partial charge in [0.1, 0.15) is 0 Å². The summed E-state index contributed by atoms with van der Waals surface area (Å²) >= 11 is 0. The molecule has 2 aliphatic rings. The average Bonchev–Trinajstić information content (AvgIpc) is 2.80. The number of aliphatic imine (C=N–C) groups is 1. The fourth-order valence-corrected chi connectivity index (χ4v) is 4.17. The Kier molecular flexibility index (Phi) is 8.26. The van der Waals surface area contributed by atoms with E-state index in [0.717, 1.165) is 64.1 Å². The Morgan fingerprint density at radius 3 is 2.43 bits per heavy atom. The number of guanidine groups is 1. The smallest absolute Gasteiger partial charge is 0.225 e. The van der Waals surface area contributed by atoms with E-state index >= 15 is 0 Å². The SMILES string of the molecule is CN=C(NCC(C)N1CCc2ccccc2C1)N1CCN(c2ncccn2)CC1.I. The molecule has 8 heteroatoms. The van der Waals surface area contributed by atoms with Crippen LogP contribution >= 0.6 is 24.0 Å². The number of fused-ring (bicyclic) bond motifs is 1. The lowest BCUT2D eigenvalue weighted by Crippen LogP contribution is -2.54. The average molecular weight is 521 g/mol. The van der Waals surface area contributed by atoms with E-state index in [1.165, 1.54) is 11.1 Å². The molecule has 0 spiro atoms. The van der Waals surface area contributed by atoms with Crippen molar-refractivity contribution < 1.29 is 0 Å². The molecule has 1 aromatic heterocycles. The molecule has 2 aliphatic heterocycles. The van der Waals surface area contributed by atoms with Crippen molar-refractivity contribution in [3.8, 4) is 0 Å². The van der Waals surface area contributed by atoms with Gasteiger partial charge >= 0.3 is 0 Å². The van der Waals surface area contributed by atoms with Crippen molar-refractivity contribution in [2.75, 3.05) is 51.2 Å². The molecule has 30 heavy (non-hydrogen) atoms. The van der Waals surface area contributed by atoms with E-state index in [9.17, 15) is 0 Å². The van der Waals surface area contributed by atoms with Crippen LogP contribution in [0.25, 0.3) is 0 Å². The van der Waals surface area contributed by atoms with E-state index in [1.807, 2.05) is 13.1 Å². The molecular weight excluding hydrogens is 489 g/mol. The summed E-state index contributed by atoms with van der Waals surface area (Å²) in [7, 11) is 1.87. The molecule has 1 aromatic carbocycles. The molecule has 1 unspecified atom stereocenters. The van der Waals surface area contributed by atoms with Crippen LogP contribution in [-0.2, 0) is 13.0 Å². The lowest BCUT2D eigenvalue weighted by Gasteiger charge is -2.38. The van der Waals surface area contributed by atoms with Crippen LogP contribution in [0.2, 0.25) is 0 Å². The highest BCUT2D eigenvalue weighted by Gasteiger charge is 2.23. The third-order valence-corrected chi connectivity index (χ3v) is 5.97. The Bertz CT molecular complexity index is 821. The van der Waals surface area contributed by atoms with Crippen LogP contribution in [0.5, 0.6) is 0 Å². The summed E-state index contributed by atoms with van der Waals surface area (Å²) < 4.78 is 0. The summed E-state index contributed by atoms with van der Waals surface area (Å²) in [5.41, 5.74) is 2.97. The Balaban J connectivity index is 0.00000256. The highest BCUT2D eigenvalue weighted by Crippen LogP contribution is 2.20. The van der Waals surface area contributed by atoms with E-state index in [2.05, 4.69) is 66.2 Å². The van der Waals surface area contributed by atoms with Crippen molar-refractivity contribution in [2.45, 2.75) is 25.9 Å². The monoisotopic (exact) mass is 521 g/mol. The summed E-state index contributed by atoms with van der Waals surface area (Å²) in [4.78, 5) is 20.4. The molecule has 7 nitrogen and oxygen atoms in total. The van der Waals surface area contributed by atoms with Gasteiger partial charge in [0.2, 0.25) is 5.95 Å². The van der Waals surface area contributed by atoms with E-state index in [4.69, 9.17) is 0 Å². The molecule has 0 radical (unpaired) electrons. The summed E-state index contributed by atoms with van der Waals surface area (Å²) in [5, 5.41) is 3.60. The number of benzene rings is 1. The Hall–Kier alpha value is -1.94. The number of aromatic nitrogens is 2. The van der Waals surface area contributed by atoms with Crippen LogP contribution in [0.15, 0.2) is 47.7 Å². The van der Waals surface area contributed by atoms with Crippen LogP contribution in [0.4, 0.5) is 5.95 Å². The molecule has 162 valence electrons. The number of nitrogens with zero attached hydrogens (tertiary/aromatic N) is 6. The number of nitrogens with one attached hydrogen (secondary N) is 1. The third kappa shape index (κ3) is 5.40. The second kappa shape index (κ2) is 10.9. The molecule has 2 aromatic rings. The first-order chi connectivity index (χ1) is 14.2. The lowest BCUT2D eigenvalue weighted by atomic mass is 9.99. The zero-order chi connectivity index (χ0) is 20.1. The maximum Gasteiger partial charge on any atom is 0.225 e. The number of hydrogen-bond acceptors (Lipinski definition) is 5. The van der Waals surface area contributed by atoms with Crippen molar-refractivity contribution in [2.24, 2.45) is 4.99 Å². The predicted octanol–water partition coefficient (Wildman–Crippen LogP) is 2.24. The first kappa shape index (κ1) is 22.7. The van der Waals surface area contributed by atoms with Gasteiger partial charge in [0, 0.05) is 71.3 Å². The van der Waals surface area contributed by atoms with Gasteiger partial charge in [-0.3, -0.25) is 9.89 Å². The van der Waals surface area contributed by atoms with Crippen LogP contribution in [-0.4, -0.2) is 78.1 Å². The van der Waals surface area contributed by atoms with E-state index in [-0.39, 0.29) is 24.0 Å². The normalized spacial score (nSPS) is 18.4. The molecule has 1 saturated heterocycles. The number of piperazine rings is 1. The standard InChI is InChI=1S/C22H31N7.HI/c1-18(29-11-8-19-6-3-4-7-20(19)17-29)16-26-21(23-2)27-12-14-28(15-13-27)22-24-9-5-10-25-22;/h3-7,9-10,18H,8,11-17H2,1-2H3,(H,23,26);1H. The molecule has 0 saturated carbocycles. The third-order valence-electron chi connectivity index (χ3n) is 5.97. The van der Waals surface area contributed by atoms with E-state index in [0.29, 0.717) is 6.04 Å². The van der Waals surface area contributed by atoms with Crippen LogP contribution < -0.4 is 10.2 Å². The topological polar surface area (TPSA) is 59.9 Å². The van der Waals surface area contributed by atoms with Crippen molar-refractivity contribution >= 4 is 35.9 Å². The molecule has 0 bridgehead atoms. The Morgan fingerprint density at radius 2 is 1.73 bits per heavy atom. The molecule has 4 rings (SSSR count). The van der Waals surface area contributed by atoms with Crippen molar-refractivity contribution in [1.82, 2.24) is 25.1 Å². The zero-order valence-corrected chi connectivity index (χ0v) is 20.2. The number of hydrogen-bond donors (Lipinski definition) is 1. The second-order valence-electron chi connectivity index (χ2n) is 7.79. The van der Waals surface area contributed by atoms with Crippen molar-refractivity contribution in [3.05, 3.63) is 53.9 Å². The summed E-state index contributed by atoms with van der Waals surface area (Å²) in [6, 6.07) is 11.1. The summed E-state index contributed by atoms with van der Waals surface area (Å²) in [5.74, 6) is 1.80. The quantitative estimate of drug-likeness (QED) is 0.379. The molecule has 0 amide bonds. The van der Waals surface area contributed by atoms with Gasteiger partial charge in [-0.05, 0) is 30.5 Å². The summed E-state index contributed by atoms with van der Waals surface area (Å²) in [6.45, 7) is 9.01. The Labute approximate surface area is 196 Å². The fraction of sp³-hybridized carbons (Fsp3) is 0.500. The summed E-state index contributed by atoms with van der Waals surface area (Å²) in [6.07, 6.45) is 4.74. The predicted molar refractivity (Wildman–Crippen MR) is 133 cm³/mol. The second-order valence-corrected chi connectivity index (χ2v) is 7.79. The van der Waals surface area contributed by atoms with E-state index < -0.39 is 0 Å². The molecule has 1 N–H and O–H groups in total. The molecular formula is C22H32IN7. The van der Waals surface area contributed by atoms with Gasteiger partial charge < -0.3 is 15.1 Å². The van der Waals surface area contributed by atoms with Gasteiger partial charge in [-0.15, -0.1) is 24.0 Å². The number of anilines is 1. The van der Waals surface area contributed by atoms with Crippen molar-refractivity contribution in [3.63, 3.8) is 0 Å². The van der Waals surface area contributed by atoms with Gasteiger partial charge in [-0.1, -0.05) is 24.3 Å². The van der Waals surface area contributed by atoms with Gasteiger partial charge in [-0.25, -0.2) is 9.97 Å². The molecule has 3 heterocycles. The van der Waals surface area contributed by atoms with Crippen LogP contribution in [0.3, 0.4) is 0 Å². The number of halogens is 1. The molecule has 1 fully saturated rings.